The first-order chi connectivity index (χ1) is 10.1. The van der Waals surface area contributed by atoms with Gasteiger partial charge < -0.3 is 14.7 Å². The number of carboxylic acids is 1. The first-order valence-electron chi connectivity index (χ1n) is 7.45. The second-order valence-corrected chi connectivity index (χ2v) is 5.90. The first-order valence-corrected chi connectivity index (χ1v) is 7.83. The second kappa shape index (κ2) is 7.66. The van der Waals surface area contributed by atoms with Crippen molar-refractivity contribution >= 4 is 23.3 Å². The summed E-state index contributed by atoms with van der Waals surface area (Å²) >= 11 is 6.04. The number of rotatable bonds is 6. The van der Waals surface area contributed by atoms with Gasteiger partial charge in [0.2, 0.25) is 0 Å². The fourth-order valence-corrected chi connectivity index (χ4v) is 3.08. The van der Waals surface area contributed by atoms with E-state index in [4.69, 9.17) is 16.3 Å². The topological polar surface area (TPSA) is 49.8 Å². The maximum Gasteiger partial charge on any atom is 0.323 e. The number of nitrogens with zero attached hydrogens (tertiary/aromatic N) is 1. The molecule has 0 radical (unpaired) electrons. The van der Waals surface area contributed by atoms with Crippen molar-refractivity contribution in [1.82, 2.24) is 0 Å². The molecule has 0 aliphatic carbocycles. The van der Waals surface area contributed by atoms with Crippen LogP contribution in [-0.2, 0) is 9.53 Å². The zero-order valence-electron chi connectivity index (χ0n) is 12.3. The molecule has 1 aliphatic heterocycles. The predicted octanol–water partition coefficient (Wildman–Crippen LogP) is 3.58. The molecule has 1 aromatic rings. The van der Waals surface area contributed by atoms with Crippen molar-refractivity contribution in [2.24, 2.45) is 0 Å². The normalized spacial score (nSPS) is 22.0. The molecule has 2 atom stereocenters. The maximum atomic E-state index is 11.2. The molecule has 0 aromatic heterocycles. The van der Waals surface area contributed by atoms with Crippen molar-refractivity contribution in [3.05, 3.63) is 29.3 Å². The fraction of sp³-hybridized carbons (Fsp3) is 0.562. The number of hydrogen-bond acceptors (Lipinski definition) is 3. The van der Waals surface area contributed by atoms with E-state index in [-0.39, 0.29) is 18.7 Å². The van der Waals surface area contributed by atoms with Gasteiger partial charge in [-0.2, -0.15) is 0 Å². The van der Waals surface area contributed by atoms with Gasteiger partial charge in [0.1, 0.15) is 6.54 Å². The molecule has 21 heavy (non-hydrogen) atoms. The van der Waals surface area contributed by atoms with Crippen LogP contribution in [-0.4, -0.2) is 36.4 Å². The average molecular weight is 312 g/mol. The molecule has 1 saturated heterocycles. The summed E-state index contributed by atoms with van der Waals surface area (Å²) in [7, 11) is 0. The van der Waals surface area contributed by atoms with Crippen LogP contribution in [0.1, 0.15) is 32.6 Å². The van der Waals surface area contributed by atoms with Crippen LogP contribution in [0.5, 0.6) is 0 Å². The van der Waals surface area contributed by atoms with Gasteiger partial charge in [-0.25, -0.2) is 0 Å². The lowest BCUT2D eigenvalue weighted by molar-refractivity contribution is -0.135. The Hall–Kier alpha value is -1.26. The second-order valence-electron chi connectivity index (χ2n) is 5.46. The standard InChI is InChI=1S/C16H22ClNO3/c1-2-4-15-10-14(7-8-21-15)18(11-16(19)20)13-6-3-5-12(17)9-13/h3,5-6,9,14-15H,2,4,7-8,10-11H2,1H3,(H,19,20). The number of ether oxygens (including phenoxy) is 1. The number of aliphatic carboxylic acids is 1. The van der Waals surface area contributed by atoms with Crippen LogP contribution in [0.3, 0.4) is 0 Å². The highest BCUT2D eigenvalue weighted by Crippen LogP contribution is 2.28. The Morgan fingerprint density at radius 3 is 3.00 bits per heavy atom. The summed E-state index contributed by atoms with van der Waals surface area (Å²) in [5.74, 6) is -0.825. The molecular weight excluding hydrogens is 290 g/mol. The van der Waals surface area contributed by atoms with Crippen LogP contribution in [0, 0.1) is 0 Å². The molecule has 1 aromatic carbocycles. The summed E-state index contributed by atoms with van der Waals surface area (Å²) in [5.41, 5.74) is 0.868. The zero-order chi connectivity index (χ0) is 15.2. The Morgan fingerprint density at radius 1 is 1.52 bits per heavy atom. The quantitative estimate of drug-likeness (QED) is 0.872. The predicted molar refractivity (Wildman–Crippen MR) is 84.1 cm³/mol. The van der Waals surface area contributed by atoms with Crippen molar-refractivity contribution in [2.45, 2.75) is 44.8 Å². The van der Waals surface area contributed by atoms with Gasteiger partial charge in [-0.3, -0.25) is 4.79 Å². The van der Waals surface area contributed by atoms with E-state index in [0.717, 1.165) is 31.4 Å². The SMILES string of the molecule is CCCC1CC(N(CC(=O)O)c2cccc(Cl)c2)CCO1. The summed E-state index contributed by atoms with van der Waals surface area (Å²) in [6.07, 6.45) is 4.04. The Kier molecular flexibility index (Phi) is 5.88. The number of carbonyl (C=O) groups is 1. The molecule has 5 heteroatoms. The minimum Gasteiger partial charge on any atom is -0.480 e. The third-order valence-electron chi connectivity index (χ3n) is 3.84. The molecule has 2 rings (SSSR count). The molecule has 4 nitrogen and oxygen atoms in total. The van der Waals surface area contributed by atoms with Gasteiger partial charge in [0.05, 0.1) is 6.10 Å². The summed E-state index contributed by atoms with van der Waals surface area (Å²) in [6.45, 7) is 2.81. The van der Waals surface area contributed by atoms with E-state index in [9.17, 15) is 9.90 Å². The molecule has 0 bridgehead atoms. The van der Waals surface area contributed by atoms with E-state index in [1.807, 2.05) is 23.1 Å². The molecule has 1 aliphatic rings. The first kappa shape index (κ1) is 16.1. The van der Waals surface area contributed by atoms with Crippen molar-refractivity contribution in [3.63, 3.8) is 0 Å². The average Bonchev–Trinajstić information content (AvgIpc) is 2.45. The number of benzene rings is 1. The van der Waals surface area contributed by atoms with E-state index in [1.165, 1.54) is 0 Å². The summed E-state index contributed by atoms with van der Waals surface area (Å²) in [5, 5.41) is 9.83. The Bertz CT molecular complexity index is 478. The van der Waals surface area contributed by atoms with Crippen LogP contribution in [0.25, 0.3) is 0 Å². The third kappa shape index (κ3) is 4.61. The lowest BCUT2D eigenvalue weighted by Crippen LogP contribution is -2.45. The monoisotopic (exact) mass is 311 g/mol. The van der Waals surface area contributed by atoms with Crippen molar-refractivity contribution < 1.29 is 14.6 Å². The minimum absolute atomic E-state index is 0.0101. The van der Waals surface area contributed by atoms with Gasteiger partial charge in [0.15, 0.2) is 0 Å². The van der Waals surface area contributed by atoms with Gasteiger partial charge >= 0.3 is 5.97 Å². The Labute approximate surface area is 130 Å². The molecule has 1 heterocycles. The van der Waals surface area contributed by atoms with E-state index in [1.54, 1.807) is 6.07 Å². The van der Waals surface area contributed by atoms with Gasteiger partial charge in [-0.1, -0.05) is 31.0 Å². The summed E-state index contributed by atoms with van der Waals surface area (Å²) in [6, 6.07) is 7.58. The van der Waals surface area contributed by atoms with Crippen LogP contribution >= 0.6 is 11.6 Å². The summed E-state index contributed by atoms with van der Waals surface area (Å²) < 4.78 is 5.76. The number of anilines is 1. The van der Waals surface area contributed by atoms with Gasteiger partial charge in [-0.15, -0.1) is 0 Å². The van der Waals surface area contributed by atoms with Crippen LogP contribution in [0.2, 0.25) is 5.02 Å². The van der Waals surface area contributed by atoms with Crippen molar-refractivity contribution in [1.29, 1.82) is 0 Å². The lowest BCUT2D eigenvalue weighted by Gasteiger charge is -2.38. The Morgan fingerprint density at radius 2 is 2.33 bits per heavy atom. The van der Waals surface area contributed by atoms with Crippen molar-refractivity contribution in [3.8, 4) is 0 Å². The zero-order valence-corrected chi connectivity index (χ0v) is 13.1. The minimum atomic E-state index is -0.825. The smallest absolute Gasteiger partial charge is 0.323 e. The van der Waals surface area contributed by atoms with Crippen molar-refractivity contribution in [2.75, 3.05) is 18.1 Å². The maximum absolute atomic E-state index is 11.2. The van der Waals surface area contributed by atoms with Crippen LogP contribution < -0.4 is 4.90 Å². The molecule has 116 valence electrons. The van der Waals surface area contributed by atoms with E-state index in [0.29, 0.717) is 11.6 Å². The fourth-order valence-electron chi connectivity index (χ4n) is 2.90. The number of halogens is 1. The third-order valence-corrected chi connectivity index (χ3v) is 4.07. The molecule has 2 unspecified atom stereocenters. The molecule has 1 fully saturated rings. The van der Waals surface area contributed by atoms with Crippen LogP contribution in [0.4, 0.5) is 5.69 Å². The number of carboxylic acid groups (broad SMARTS) is 1. The summed E-state index contributed by atoms with van der Waals surface area (Å²) in [4.78, 5) is 13.2. The van der Waals surface area contributed by atoms with E-state index < -0.39 is 5.97 Å². The van der Waals surface area contributed by atoms with Gasteiger partial charge in [0.25, 0.3) is 0 Å². The van der Waals surface area contributed by atoms with Crippen LogP contribution in [0.15, 0.2) is 24.3 Å². The highest BCUT2D eigenvalue weighted by atomic mass is 35.5. The molecule has 0 amide bonds. The van der Waals surface area contributed by atoms with Gasteiger partial charge in [-0.05, 0) is 37.5 Å². The molecule has 0 spiro atoms. The highest BCUT2D eigenvalue weighted by molar-refractivity contribution is 6.30. The Balaban J connectivity index is 2.17. The lowest BCUT2D eigenvalue weighted by atomic mass is 9.98. The molecular formula is C16H22ClNO3. The number of hydrogen-bond donors (Lipinski definition) is 1. The highest BCUT2D eigenvalue weighted by Gasteiger charge is 2.28. The molecule has 0 saturated carbocycles. The van der Waals surface area contributed by atoms with Gasteiger partial charge in [0, 0.05) is 23.4 Å². The van der Waals surface area contributed by atoms with E-state index >= 15 is 0 Å². The largest absolute Gasteiger partial charge is 0.480 e. The van der Waals surface area contributed by atoms with E-state index in [2.05, 4.69) is 6.92 Å². The molecule has 1 N–H and O–H groups in total.